The highest BCUT2D eigenvalue weighted by Crippen LogP contribution is 2.19. The molecule has 0 unspecified atom stereocenters. The molecule has 0 fully saturated rings. The summed E-state index contributed by atoms with van der Waals surface area (Å²) in [6.45, 7) is 0.893. The second kappa shape index (κ2) is 8.35. The lowest BCUT2D eigenvalue weighted by molar-refractivity contribution is 0.344. The van der Waals surface area contributed by atoms with Crippen molar-refractivity contribution in [1.82, 2.24) is 0 Å². The Kier molecular flexibility index (Phi) is 6.14. The molecule has 0 bridgehead atoms. The third kappa shape index (κ3) is 5.50. The van der Waals surface area contributed by atoms with Gasteiger partial charge in [-0.25, -0.2) is 4.39 Å². The molecule has 0 saturated heterocycles. The first kappa shape index (κ1) is 15.4. The van der Waals surface area contributed by atoms with Gasteiger partial charge < -0.3 is 10.5 Å². The molecule has 21 heavy (non-hydrogen) atoms. The van der Waals surface area contributed by atoms with Crippen LogP contribution < -0.4 is 10.5 Å². The summed E-state index contributed by atoms with van der Waals surface area (Å²) in [4.78, 5) is 0.904. The zero-order chi connectivity index (χ0) is 14.9. The topological polar surface area (TPSA) is 35.2 Å². The highest BCUT2D eigenvalue weighted by molar-refractivity contribution is 7.99. The summed E-state index contributed by atoms with van der Waals surface area (Å²) in [5.74, 6) is 7.09. The summed E-state index contributed by atoms with van der Waals surface area (Å²) in [5.41, 5.74) is 6.23. The average Bonchev–Trinajstić information content (AvgIpc) is 2.50. The van der Waals surface area contributed by atoms with E-state index in [4.69, 9.17) is 10.5 Å². The Morgan fingerprint density at radius 2 is 2.00 bits per heavy atom. The maximum atomic E-state index is 13.0. The molecule has 0 aliphatic rings. The molecule has 0 aliphatic heterocycles. The van der Waals surface area contributed by atoms with Gasteiger partial charge in [0.05, 0.1) is 13.2 Å². The number of rotatable bonds is 5. The molecule has 108 valence electrons. The Labute approximate surface area is 128 Å². The van der Waals surface area contributed by atoms with Crippen molar-refractivity contribution >= 4 is 11.8 Å². The van der Waals surface area contributed by atoms with Crippen LogP contribution in [0.25, 0.3) is 0 Å². The van der Waals surface area contributed by atoms with Gasteiger partial charge in [-0.3, -0.25) is 0 Å². The molecule has 0 saturated carbocycles. The van der Waals surface area contributed by atoms with Gasteiger partial charge in [-0.2, -0.15) is 0 Å². The summed E-state index contributed by atoms with van der Waals surface area (Å²) in [5, 5.41) is 0. The summed E-state index contributed by atoms with van der Waals surface area (Å²) < 4.78 is 18.7. The van der Waals surface area contributed by atoms with Crippen LogP contribution in [-0.4, -0.2) is 18.9 Å². The first-order valence-corrected chi connectivity index (χ1v) is 7.56. The Bertz CT molecular complexity index is 648. The minimum atomic E-state index is -0.216. The molecule has 0 aromatic heterocycles. The Balaban J connectivity index is 1.81. The van der Waals surface area contributed by atoms with Crippen LogP contribution in [-0.2, 0) is 0 Å². The van der Waals surface area contributed by atoms with Crippen LogP contribution in [0.1, 0.15) is 5.56 Å². The third-order valence-electron chi connectivity index (χ3n) is 2.59. The number of halogens is 1. The molecule has 0 atom stereocenters. The van der Waals surface area contributed by atoms with Gasteiger partial charge in [0, 0.05) is 16.2 Å². The van der Waals surface area contributed by atoms with Crippen LogP contribution in [0.2, 0.25) is 0 Å². The highest BCUT2D eigenvalue weighted by atomic mass is 32.2. The maximum Gasteiger partial charge on any atom is 0.124 e. The highest BCUT2D eigenvalue weighted by Gasteiger charge is 1.98. The molecule has 4 heteroatoms. The summed E-state index contributed by atoms with van der Waals surface area (Å²) in [6.07, 6.45) is 0. The molecule has 2 aromatic carbocycles. The fraction of sp³-hybridized carbons (Fsp3) is 0.176. The summed E-state index contributed by atoms with van der Waals surface area (Å²) >= 11 is 1.56. The Hall–Kier alpha value is -1.96. The van der Waals surface area contributed by atoms with Gasteiger partial charge in [0.15, 0.2) is 0 Å². The van der Waals surface area contributed by atoms with Crippen molar-refractivity contribution in [2.45, 2.75) is 4.90 Å². The molecular weight excluding hydrogens is 285 g/mol. The van der Waals surface area contributed by atoms with Crippen molar-refractivity contribution in [3.05, 3.63) is 59.9 Å². The molecule has 2 aromatic rings. The zero-order valence-electron chi connectivity index (χ0n) is 11.5. The van der Waals surface area contributed by atoms with Crippen LogP contribution in [0.3, 0.4) is 0 Å². The molecular formula is C17H16FNOS. The number of hydrogen-bond acceptors (Lipinski definition) is 3. The van der Waals surface area contributed by atoms with E-state index in [1.807, 2.05) is 30.3 Å². The lowest BCUT2D eigenvalue weighted by Gasteiger charge is -2.06. The van der Waals surface area contributed by atoms with E-state index in [1.165, 1.54) is 12.1 Å². The predicted octanol–water partition coefficient (Wildman–Crippen LogP) is 3.31. The van der Waals surface area contributed by atoms with Gasteiger partial charge >= 0.3 is 0 Å². The second-order valence-corrected chi connectivity index (χ2v) is 5.36. The maximum absolute atomic E-state index is 13.0. The first-order valence-electron chi connectivity index (χ1n) is 6.58. The largest absolute Gasteiger partial charge is 0.493 e. The van der Waals surface area contributed by atoms with Crippen LogP contribution in [0.4, 0.5) is 4.39 Å². The number of hydrogen-bond donors (Lipinski definition) is 1. The molecule has 0 aliphatic carbocycles. The zero-order valence-corrected chi connectivity index (χ0v) is 12.3. The predicted molar refractivity (Wildman–Crippen MR) is 85.0 cm³/mol. The standard InChI is InChI=1S/C17H16FNOS/c18-15-6-2-8-17(13-15)21-11-10-20-16-7-1-4-14(12-16)5-3-9-19/h1-2,4,6-8,12-13H,9-11,19H2. The molecule has 2 rings (SSSR count). The van der Waals surface area contributed by atoms with Crippen molar-refractivity contribution in [1.29, 1.82) is 0 Å². The fourth-order valence-corrected chi connectivity index (χ4v) is 2.47. The lowest BCUT2D eigenvalue weighted by Crippen LogP contribution is -2.00. The Morgan fingerprint density at radius 3 is 2.81 bits per heavy atom. The average molecular weight is 301 g/mol. The van der Waals surface area contributed by atoms with Crippen molar-refractivity contribution in [2.24, 2.45) is 5.73 Å². The van der Waals surface area contributed by atoms with E-state index >= 15 is 0 Å². The van der Waals surface area contributed by atoms with Crippen LogP contribution in [0.5, 0.6) is 5.75 Å². The molecule has 0 amide bonds. The van der Waals surface area contributed by atoms with Crippen molar-refractivity contribution in [2.75, 3.05) is 18.9 Å². The van der Waals surface area contributed by atoms with E-state index in [-0.39, 0.29) is 5.82 Å². The minimum absolute atomic E-state index is 0.216. The van der Waals surface area contributed by atoms with Crippen molar-refractivity contribution in [3.8, 4) is 17.6 Å². The SMILES string of the molecule is NCC#Cc1cccc(OCCSc2cccc(F)c2)c1. The van der Waals surface area contributed by atoms with E-state index in [1.54, 1.807) is 17.8 Å². The molecule has 2 N–H and O–H groups in total. The van der Waals surface area contributed by atoms with Gasteiger partial charge in [0.2, 0.25) is 0 Å². The second-order valence-electron chi connectivity index (χ2n) is 4.19. The molecule has 2 nitrogen and oxygen atoms in total. The van der Waals surface area contributed by atoms with Crippen molar-refractivity contribution < 1.29 is 9.13 Å². The van der Waals surface area contributed by atoms with E-state index in [0.29, 0.717) is 13.2 Å². The van der Waals surface area contributed by atoms with Crippen molar-refractivity contribution in [3.63, 3.8) is 0 Å². The molecule has 0 heterocycles. The Morgan fingerprint density at radius 1 is 1.14 bits per heavy atom. The number of nitrogens with two attached hydrogens (primary N) is 1. The van der Waals surface area contributed by atoms with E-state index < -0.39 is 0 Å². The molecule has 0 spiro atoms. The van der Waals surface area contributed by atoms with Crippen LogP contribution >= 0.6 is 11.8 Å². The van der Waals surface area contributed by atoms with Crippen LogP contribution in [0, 0.1) is 17.7 Å². The summed E-state index contributed by atoms with van der Waals surface area (Å²) in [6, 6.07) is 14.1. The van der Waals surface area contributed by atoms with Gasteiger partial charge in [-0.1, -0.05) is 24.0 Å². The van der Waals surface area contributed by atoms with Gasteiger partial charge in [0.1, 0.15) is 11.6 Å². The monoisotopic (exact) mass is 301 g/mol. The number of benzene rings is 2. The number of ether oxygens (including phenoxy) is 1. The van der Waals surface area contributed by atoms with Gasteiger partial charge in [-0.15, -0.1) is 11.8 Å². The van der Waals surface area contributed by atoms with Gasteiger partial charge in [-0.05, 0) is 36.4 Å². The molecule has 0 radical (unpaired) electrons. The van der Waals surface area contributed by atoms with E-state index in [2.05, 4.69) is 11.8 Å². The fourth-order valence-electron chi connectivity index (χ4n) is 1.69. The van der Waals surface area contributed by atoms with E-state index in [0.717, 1.165) is 22.0 Å². The van der Waals surface area contributed by atoms with Crippen LogP contribution in [0.15, 0.2) is 53.4 Å². The quantitative estimate of drug-likeness (QED) is 0.523. The minimum Gasteiger partial charge on any atom is -0.493 e. The first-order chi connectivity index (χ1) is 10.3. The summed E-state index contributed by atoms with van der Waals surface area (Å²) in [7, 11) is 0. The third-order valence-corrected chi connectivity index (χ3v) is 3.54. The normalized spacial score (nSPS) is 9.81. The number of thioether (sulfide) groups is 1. The van der Waals surface area contributed by atoms with E-state index in [9.17, 15) is 4.39 Å². The lowest BCUT2D eigenvalue weighted by atomic mass is 10.2. The smallest absolute Gasteiger partial charge is 0.124 e. The van der Waals surface area contributed by atoms with Gasteiger partial charge in [0.25, 0.3) is 0 Å².